The molecule has 1 amide bonds. The lowest BCUT2D eigenvalue weighted by atomic mass is 10.2. The summed E-state index contributed by atoms with van der Waals surface area (Å²) in [6.07, 6.45) is 1.56. The van der Waals surface area contributed by atoms with Crippen molar-refractivity contribution in [2.24, 2.45) is 0 Å². The smallest absolute Gasteiger partial charge is 0.342 e. The Balaban J connectivity index is 1.34. The van der Waals surface area contributed by atoms with Gasteiger partial charge in [0.25, 0.3) is 5.91 Å². The Morgan fingerprint density at radius 3 is 2.51 bits per heavy atom. The van der Waals surface area contributed by atoms with Gasteiger partial charge >= 0.3 is 5.97 Å². The van der Waals surface area contributed by atoms with Crippen LogP contribution in [0.3, 0.4) is 0 Å². The molecule has 0 aliphatic rings. The van der Waals surface area contributed by atoms with Crippen LogP contribution >= 0.6 is 0 Å². The molecule has 9 nitrogen and oxygen atoms in total. The minimum absolute atomic E-state index is 0.204. The predicted molar refractivity (Wildman–Crippen MR) is 140 cm³/mol. The van der Waals surface area contributed by atoms with E-state index in [1.165, 1.54) is 0 Å². The van der Waals surface area contributed by atoms with Gasteiger partial charge in [0, 0.05) is 24.0 Å². The molecule has 9 heteroatoms. The zero-order chi connectivity index (χ0) is 26.2. The molecule has 0 radical (unpaired) electrons. The molecule has 2 heterocycles. The molecule has 2 aromatic heterocycles. The number of anilines is 2. The van der Waals surface area contributed by atoms with Crippen molar-refractivity contribution in [3.8, 4) is 5.75 Å². The number of benzene rings is 2. The lowest BCUT2D eigenvalue weighted by Crippen LogP contribution is -2.29. The van der Waals surface area contributed by atoms with Gasteiger partial charge in [0.1, 0.15) is 17.1 Å². The molecule has 0 fully saturated rings. The van der Waals surface area contributed by atoms with Crippen molar-refractivity contribution in [2.75, 3.05) is 19.0 Å². The third-order valence-electron chi connectivity index (χ3n) is 5.89. The second-order valence-corrected chi connectivity index (χ2v) is 8.37. The number of carbonyl (C=O) groups is 2. The molecular formula is C28H29N5O4. The van der Waals surface area contributed by atoms with E-state index in [2.05, 4.69) is 20.7 Å². The number of nitrogens with zero attached hydrogens (tertiary/aromatic N) is 3. The van der Waals surface area contributed by atoms with Crippen molar-refractivity contribution in [3.05, 3.63) is 101 Å². The zero-order valence-corrected chi connectivity index (χ0v) is 21.0. The highest BCUT2D eigenvalue weighted by molar-refractivity contribution is 5.96. The van der Waals surface area contributed by atoms with Crippen LogP contribution in [0.4, 0.5) is 11.5 Å². The lowest BCUT2D eigenvalue weighted by molar-refractivity contribution is -0.124. The number of hydrogen-bond acceptors (Lipinski definition) is 7. The van der Waals surface area contributed by atoms with Crippen LogP contribution in [0, 0.1) is 13.8 Å². The number of amides is 1. The number of para-hydroxylation sites is 2. The Hall–Kier alpha value is -4.66. The molecule has 0 spiro atoms. The maximum Gasteiger partial charge on any atom is 0.342 e. The van der Waals surface area contributed by atoms with Crippen LogP contribution in [-0.4, -0.2) is 40.4 Å². The summed E-state index contributed by atoms with van der Waals surface area (Å²) in [6, 6.07) is 20.5. The van der Waals surface area contributed by atoms with E-state index in [9.17, 15) is 9.59 Å². The van der Waals surface area contributed by atoms with Crippen molar-refractivity contribution >= 4 is 23.4 Å². The Labute approximate surface area is 215 Å². The summed E-state index contributed by atoms with van der Waals surface area (Å²) in [6.45, 7) is 4.40. The number of aromatic nitrogens is 3. The van der Waals surface area contributed by atoms with Gasteiger partial charge in [-0.25, -0.2) is 9.78 Å². The fraction of sp³-hybridized carbons (Fsp3) is 0.214. The topological polar surface area (TPSA) is 107 Å². The fourth-order valence-corrected chi connectivity index (χ4v) is 3.89. The van der Waals surface area contributed by atoms with Crippen molar-refractivity contribution in [3.63, 3.8) is 0 Å². The van der Waals surface area contributed by atoms with E-state index in [1.807, 2.05) is 67.1 Å². The first-order chi connectivity index (χ1) is 18.0. The third-order valence-corrected chi connectivity index (χ3v) is 5.89. The maximum absolute atomic E-state index is 12.7. The first kappa shape index (κ1) is 25.4. The molecule has 0 atom stereocenters. The van der Waals surface area contributed by atoms with Crippen LogP contribution in [0.5, 0.6) is 5.75 Å². The minimum atomic E-state index is -0.663. The van der Waals surface area contributed by atoms with Gasteiger partial charge < -0.3 is 20.1 Å². The van der Waals surface area contributed by atoms with Gasteiger partial charge in [0.05, 0.1) is 25.0 Å². The van der Waals surface area contributed by atoms with Crippen LogP contribution in [0.25, 0.3) is 0 Å². The van der Waals surface area contributed by atoms with Crippen LogP contribution in [-0.2, 0) is 22.6 Å². The number of esters is 1. The summed E-state index contributed by atoms with van der Waals surface area (Å²) < 4.78 is 12.5. The number of ether oxygens (including phenoxy) is 2. The normalized spacial score (nSPS) is 10.6. The van der Waals surface area contributed by atoms with Gasteiger partial charge in [-0.05, 0) is 43.7 Å². The molecule has 0 aliphatic carbocycles. The maximum atomic E-state index is 12.7. The van der Waals surface area contributed by atoms with Gasteiger partial charge in [-0.15, -0.1) is 0 Å². The number of aryl methyl sites for hydroxylation is 1. The SMILES string of the molecule is COc1ccccc1Nc1ncccc1C(=O)OCC(=O)NCc1c(C)nn(Cc2ccccc2)c1C. The summed E-state index contributed by atoms with van der Waals surface area (Å²) >= 11 is 0. The molecule has 2 N–H and O–H groups in total. The van der Waals surface area contributed by atoms with Gasteiger partial charge in [0.2, 0.25) is 0 Å². The van der Waals surface area contributed by atoms with Crippen LogP contribution in [0.2, 0.25) is 0 Å². The Morgan fingerprint density at radius 2 is 1.73 bits per heavy atom. The number of pyridine rings is 1. The molecule has 0 saturated heterocycles. The molecule has 4 rings (SSSR count). The van der Waals surface area contributed by atoms with Crippen molar-refractivity contribution in [2.45, 2.75) is 26.9 Å². The number of nitrogens with one attached hydrogen (secondary N) is 2. The Bertz CT molecular complexity index is 1380. The van der Waals surface area contributed by atoms with E-state index in [4.69, 9.17) is 9.47 Å². The van der Waals surface area contributed by atoms with Crippen molar-refractivity contribution in [1.29, 1.82) is 0 Å². The van der Waals surface area contributed by atoms with Crippen molar-refractivity contribution < 1.29 is 19.1 Å². The lowest BCUT2D eigenvalue weighted by Gasteiger charge is -2.13. The van der Waals surface area contributed by atoms with E-state index >= 15 is 0 Å². The average Bonchev–Trinajstić information content (AvgIpc) is 3.18. The molecule has 0 saturated carbocycles. The molecule has 4 aromatic rings. The molecule has 37 heavy (non-hydrogen) atoms. The molecule has 2 aromatic carbocycles. The molecule has 0 bridgehead atoms. The largest absolute Gasteiger partial charge is 0.495 e. The van der Waals surface area contributed by atoms with E-state index < -0.39 is 18.5 Å². The number of rotatable bonds is 10. The van der Waals surface area contributed by atoms with Gasteiger partial charge in [0.15, 0.2) is 6.61 Å². The molecular weight excluding hydrogens is 470 g/mol. The minimum Gasteiger partial charge on any atom is -0.495 e. The highest BCUT2D eigenvalue weighted by Gasteiger charge is 2.18. The van der Waals surface area contributed by atoms with Gasteiger partial charge in [-0.2, -0.15) is 5.10 Å². The highest BCUT2D eigenvalue weighted by Crippen LogP contribution is 2.27. The molecule has 190 valence electrons. The van der Waals surface area contributed by atoms with Gasteiger partial charge in [-0.1, -0.05) is 42.5 Å². The summed E-state index contributed by atoms with van der Waals surface area (Å²) in [5.74, 6) is -0.172. The standard InChI is InChI=1S/C28H29N5O4/c1-19-23(20(2)33(32-19)17-21-10-5-4-6-11-21)16-30-26(34)18-37-28(35)22-12-9-15-29-27(22)31-24-13-7-8-14-25(24)36-3/h4-15H,16-18H2,1-3H3,(H,29,31)(H,30,34). The fourth-order valence-electron chi connectivity index (χ4n) is 3.89. The second-order valence-electron chi connectivity index (χ2n) is 8.37. The van der Waals surface area contributed by atoms with Crippen LogP contribution < -0.4 is 15.4 Å². The molecule has 0 aliphatic heterocycles. The first-order valence-electron chi connectivity index (χ1n) is 11.8. The Kier molecular flexibility index (Phi) is 8.15. The summed E-state index contributed by atoms with van der Waals surface area (Å²) in [4.78, 5) is 29.5. The molecule has 0 unspecified atom stereocenters. The van der Waals surface area contributed by atoms with E-state index in [0.717, 1.165) is 22.5 Å². The zero-order valence-electron chi connectivity index (χ0n) is 21.0. The number of carbonyl (C=O) groups excluding carboxylic acids is 2. The van der Waals surface area contributed by atoms with E-state index in [0.29, 0.717) is 23.8 Å². The average molecular weight is 500 g/mol. The highest BCUT2D eigenvalue weighted by atomic mass is 16.5. The van der Waals surface area contributed by atoms with E-state index in [-0.39, 0.29) is 12.1 Å². The summed E-state index contributed by atoms with van der Waals surface area (Å²) in [5.41, 5.74) is 4.75. The third kappa shape index (κ3) is 6.32. The van der Waals surface area contributed by atoms with E-state index in [1.54, 1.807) is 31.5 Å². The quantitative estimate of drug-likeness (QED) is 0.315. The van der Waals surface area contributed by atoms with Crippen LogP contribution in [0.15, 0.2) is 72.9 Å². The van der Waals surface area contributed by atoms with Crippen molar-refractivity contribution in [1.82, 2.24) is 20.1 Å². The Morgan fingerprint density at radius 1 is 0.973 bits per heavy atom. The van der Waals surface area contributed by atoms with Gasteiger partial charge in [-0.3, -0.25) is 9.48 Å². The summed E-state index contributed by atoms with van der Waals surface area (Å²) in [5, 5.41) is 10.5. The number of methoxy groups -OCH3 is 1. The van der Waals surface area contributed by atoms with Crippen LogP contribution in [0.1, 0.15) is 32.9 Å². The second kappa shape index (κ2) is 11.9. The predicted octanol–water partition coefficient (Wildman–Crippen LogP) is 4.17. The monoisotopic (exact) mass is 499 g/mol. The first-order valence-corrected chi connectivity index (χ1v) is 11.8. The number of hydrogen-bond donors (Lipinski definition) is 2. The summed E-state index contributed by atoms with van der Waals surface area (Å²) in [7, 11) is 1.56.